The second kappa shape index (κ2) is 7.03. The van der Waals surface area contributed by atoms with Gasteiger partial charge in [-0.15, -0.1) is 0 Å². The number of alkyl halides is 3. The van der Waals surface area contributed by atoms with Gasteiger partial charge in [-0.25, -0.2) is 9.97 Å². The molecule has 4 nitrogen and oxygen atoms in total. The van der Waals surface area contributed by atoms with Gasteiger partial charge < -0.3 is 0 Å². The molecule has 0 aliphatic rings. The maximum atomic E-state index is 12.6. The van der Waals surface area contributed by atoms with Crippen molar-refractivity contribution in [2.24, 2.45) is 11.8 Å². The van der Waals surface area contributed by atoms with Crippen molar-refractivity contribution in [3.05, 3.63) is 23.8 Å². The van der Waals surface area contributed by atoms with E-state index in [1.54, 1.807) is 12.1 Å². The monoisotopic (exact) mass is 296 g/mol. The van der Waals surface area contributed by atoms with E-state index in [-0.39, 0.29) is 12.3 Å². The third-order valence-corrected chi connectivity index (χ3v) is 2.98. The van der Waals surface area contributed by atoms with Crippen molar-refractivity contribution in [2.45, 2.75) is 38.8 Å². The van der Waals surface area contributed by atoms with Crippen LogP contribution in [0.2, 0.25) is 0 Å². The Morgan fingerprint density at radius 3 is 2.05 bits per heavy atom. The minimum Gasteiger partial charge on any atom is -0.241 e. The number of nitriles is 2. The molecule has 1 rings (SSSR count). The van der Waals surface area contributed by atoms with E-state index in [1.807, 2.05) is 13.8 Å². The smallest absolute Gasteiger partial charge is 0.241 e. The Kier molecular flexibility index (Phi) is 5.66. The molecule has 112 valence electrons. The molecule has 0 bridgehead atoms. The quantitative estimate of drug-likeness (QED) is 0.835. The minimum absolute atomic E-state index is 0.0519. The van der Waals surface area contributed by atoms with Gasteiger partial charge in [0.25, 0.3) is 0 Å². The summed E-state index contributed by atoms with van der Waals surface area (Å²) in [7, 11) is 0. The molecule has 0 fully saturated rings. The lowest BCUT2D eigenvalue weighted by atomic mass is 9.86. The number of nitrogens with zero attached hydrogens (tertiary/aromatic N) is 4. The van der Waals surface area contributed by atoms with E-state index in [0.717, 1.165) is 0 Å². The number of hydrogen-bond acceptors (Lipinski definition) is 4. The molecule has 0 aliphatic carbocycles. The first-order chi connectivity index (χ1) is 9.76. The van der Waals surface area contributed by atoms with Gasteiger partial charge in [0, 0.05) is 30.7 Å². The summed E-state index contributed by atoms with van der Waals surface area (Å²) in [5.41, 5.74) is 0.490. The fourth-order valence-electron chi connectivity index (χ4n) is 1.92. The molecule has 1 heterocycles. The maximum absolute atomic E-state index is 12.6. The van der Waals surface area contributed by atoms with Crippen molar-refractivity contribution >= 4 is 0 Å². The molecule has 1 unspecified atom stereocenters. The first kappa shape index (κ1) is 16.9. The van der Waals surface area contributed by atoms with Gasteiger partial charge >= 0.3 is 6.18 Å². The Morgan fingerprint density at radius 1 is 1.14 bits per heavy atom. The van der Waals surface area contributed by atoms with Crippen molar-refractivity contribution in [1.82, 2.24) is 9.97 Å². The molecule has 0 N–H and O–H groups in total. The highest BCUT2D eigenvalue weighted by atomic mass is 19.4. The van der Waals surface area contributed by atoms with E-state index >= 15 is 0 Å². The lowest BCUT2D eigenvalue weighted by molar-refractivity contribution is -0.145. The Morgan fingerprint density at radius 2 is 1.67 bits per heavy atom. The second-order valence-corrected chi connectivity index (χ2v) is 5.12. The normalized spacial score (nSPS) is 13.0. The third kappa shape index (κ3) is 5.39. The molecule has 0 amide bonds. The van der Waals surface area contributed by atoms with Crippen LogP contribution in [0.3, 0.4) is 0 Å². The van der Waals surface area contributed by atoms with Crippen LogP contribution < -0.4 is 0 Å². The van der Waals surface area contributed by atoms with Crippen LogP contribution >= 0.6 is 0 Å². The molecular formula is C14H15F3N4. The summed E-state index contributed by atoms with van der Waals surface area (Å²) in [6.45, 7) is 3.81. The number of rotatable bonds is 5. The highest BCUT2D eigenvalue weighted by Crippen LogP contribution is 2.31. The molecule has 21 heavy (non-hydrogen) atoms. The van der Waals surface area contributed by atoms with Crippen LogP contribution in [0.25, 0.3) is 0 Å². The second-order valence-electron chi connectivity index (χ2n) is 5.12. The molecule has 0 spiro atoms. The van der Waals surface area contributed by atoms with Crippen LogP contribution in [0.5, 0.6) is 0 Å². The zero-order valence-electron chi connectivity index (χ0n) is 11.7. The van der Waals surface area contributed by atoms with Crippen LogP contribution in [0.1, 0.15) is 37.6 Å². The van der Waals surface area contributed by atoms with Crippen LogP contribution in [0.4, 0.5) is 13.2 Å². The highest BCUT2D eigenvalue weighted by molar-refractivity contribution is 5.12. The summed E-state index contributed by atoms with van der Waals surface area (Å²) in [5.74, 6) is -1.70. The molecule has 0 aromatic carbocycles. The summed E-state index contributed by atoms with van der Waals surface area (Å²) in [5, 5.41) is 17.6. The van der Waals surface area contributed by atoms with Crippen molar-refractivity contribution in [3.63, 3.8) is 0 Å². The lowest BCUT2D eigenvalue weighted by Gasteiger charge is -2.19. The zero-order chi connectivity index (χ0) is 16.0. The largest absolute Gasteiger partial charge is 0.389 e. The van der Waals surface area contributed by atoms with E-state index in [4.69, 9.17) is 10.5 Å². The minimum atomic E-state index is -4.42. The van der Waals surface area contributed by atoms with Crippen LogP contribution in [-0.4, -0.2) is 16.1 Å². The molecule has 1 aromatic rings. The van der Waals surface area contributed by atoms with Crippen molar-refractivity contribution in [3.8, 4) is 12.1 Å². The summed E-state index contributed by atoms with van der Waals surface area (Å²) in [4.78, 5) is 8.16. The van der Waals surface area contributed by atoms with Gasteiger partial charge in [-0.2, -0.15) is 23.7 Å². The van der Waals surface area contributed by atoms with Crippen molar-refractivity contribution in [2.75, 3.05) is 0 Å². The van der Waals surface area contributed by atoms with Crippen molar-refractivity contribution in [1.29, 1.82) is 10.5 Å². The van der Waals surface area contributed by atoms with Gasteiger partial charge in [0.05, 0.1) is 12.1 Å². The van der Waals surface area contributed by atoms with Gasteiger partial charge in [-0.3, -0.25) is 0 Å². The molecule has 0 saturated carbocycles. The Bertz CT molecular complexity index is 523. The molecule has 1 atom stereocenters. The summed E-state index contributed by atoms with van der Waals surface area (Å²) in [6.07, 6.45) is -2.74. The first-order valence-corrected chi connectivity index (χ1v) is 6.43. The highest BCUT2D eigenvalue weighted by Gasteiger charge is 2.36. The van der Waals surface area contributed by atoms with Crippen LogP contribution in [0.15, 0.2) is 12.4 Å². The summed E-state index contributed by atoms with van der Waals surface area (Å²) < 4.78 is 37.7. The fourth-order valence-corrected chi connectivity index (χ4v) is 1.92. The molecule has 1 aromatic heterocycles. The van der Waals surface area contributed by atoms with Crippen molar-refractivity contribution < 1.29 is 13.2 Å². The molecule has 0 aliphatic heterocycles. The van der Waals surface area contributed by atoms with E-state index < -0.39 is 24.4 Å². The van der Waals surface area contributed by atoms with Gasteiger partial charge in [-0.1, -0.05) is 13.8 Å². The standard InChI is InChI=1S/C14H15F3N4/c1-9(2)13-20-7-10(8-21-13)3-11(4-14(15,16)17)12(5-18)6-19/h7-9,11-12H,3-4H2,1-2H3. The summed E-state index contributed by atoms with van der Waals surface area (Å²) in [6, 6.07) is 3.24. The van der Waals surface area contributed by atoms with E-state index in [2.05, 4.69) is 9.97 Å². The Balaban J connectivity index is 2.91. The summed E-state index contributed by atoms with van der Waals surface area (Å²) >= 11 is 0. The number of hydrogen-bond donors (Lipinski definition) is 0. The SMILES string of the molecule is CC(C)c1ncc(CC(CC(F)(F)F)C(C#N)C#N)cn1. The average molecular weight is 296 g/mol. The number of aromatic nitrogens is 2. The van der Waals surface area contributed by atoms with Crippen LogP contribution in [-0.2, 0) is 6.42 Å². The Hall–Kier alpha value is -2.15. The van der Waals surface area contributed by atoms with E-state index in [9.17, 15) is 13.2 Å². The predicted octanol–water partition coefficient (Wildman–Crippen LogP) is 3.37. The number of halogens is 3. The van der Waals surface area contributed by atoms with Gasteiger partial charge in [0.15, 0.2) is 0 Å². The predicted molar refractivity (Wildman–Crippen MR) is 68.7 cm³/mol. The van der Waals surface area contributed by atoms with Gasteiger partial charge in [-0.05, 0) is 12.0 Å². The van der Waals surface area contributed by atoms with Gasteiger partial charge in [0.2, 0.25) is 0 Å². The topological polar surface area (TPSA) is 73.4 Å². The maximum Gasteiger partial charge on any atom is 0.389 e. The first-order valence-electron chi connectivity index (χ1n) is 6.43. The fraction of sp³-hybridized carbons (Fsp3) is 0.571. The average Bonchev–Trinajstić information content (AvgIpc) is 2.38. The van der Waals surface area contributed by atoms with E-state index in [0.29, 0.717) is 11.4 Å². The van der Waals surface area contributed by atoms with Gasteiger partial charge in [0.1, 0.15) is 11.7 Å². The lowest BCUT2D eigenvalue weighted by Crippen LogP contribution is -2.23. The molecule has 7 heteroatoms. The van der Waals surface area contributed by atoms with E-state index in [1.165, 1.54) is 12.4 Å². The molecule has 0 radical (unpaired) electrons. The van der Waals surface area contributed by atoms with Crippen LogP contribution in [0, 0.1) is 34.5 Å². The molecular weight excluding hydrogens is 281 g/mol. The molecule has 0 saturated heterocycles. The Labute approximate surface area is 121 Å². The third-order valence-electron chi connectivity index (χ3n) is 2.98. The zero-order valence-corrected chi connectivity index (χ0v) is 11.7.